The SMILES string of the molecule is Cc1ccc(-c2ccc(N(c3ccc(-c4ccc5c(c4)C4(c6ccccc6-c6ccccc64)c4ccc(-c6ccc(-c7ccccc7)cc6)cc4-5)cc3)c3ccc4c(c3)C(C)(C)c3ccccc3-4)cc2)cc1. The summed E-state index contributed by atoms with van der Waals surface area (Å²) in [6.45, 7) is 6.87. The summed E-state index contributed by atoms with van der Waals surface area (Å²) in [5, 5.41) is 0. The molecule has 0 aliphatic heterocycles. The fraction of sp³-hybridized carbons (Fsp3) is 0.0704. The summed E-state index contributed by atoms with van der Waals surface area (Å²) in [6.07, 6.45) is 0. The maximum Gasteiger partial charge on any atom is 0.0725 e. The molecule has 0 unspecified atom stereocenters. The number of benzene rings is 11. The van der Waals surface area contributed by atoms with E-state index in [1.54, 1.807) is 0 Å². The largest absolute Gasteiger partial charge is 0.310 e. The smallest absolute Gasteiger partial charge is 0.0725 e. The molecule has 11 aromatic rings. The molecule has 0 saturated heterocycles. The van der Waals surface area contributed by atoms with E-state index in [9.17, 15) is 0 Å². The summed E-state index contributed by atoms with van der Waals surface area (Å²) >= 11 is 0. The molecule has 1 spiro atoms. The number of hydrogen-bond acceptors (Lipinski definition) is 1. The Kier molecular flexibility index (Phi) is 9.44. The van der Waals surface area contributed by atoms with Gasteiger partial charge in [0, 0.05) is 22.5 Å². The van der Waals surface area contributed by atoms with Crippen molar-refractivity contribution in [3.63, 3.8) is 0 Å². The molecule has 0 fully saturated rings. The highest BCUT2D eigenvalue weighted by atomic mass is 15.1. The van der Waals surface area contributed by atoms with E-state index in [1.807, 2.05) is 0 Å². The Morgan fingerprint density at radius 1 is 0.250 bits per heavy atom. The van der Waals surface area contributed by atoms with Gasteiger partial charge in [0.15, 0.2) is 0 Å². The number of nitrogens with zero attached hydrogens (tertiary/aromatic N) is 1. The highest BCUT2D eigenvalue weighted by molar-refractivity contribution is 5.97. The van der Waals surface area contributed by atoms with Crippen LogP contribution in [0.4, 0.5) is 17.1 Å². The van der Waals surface area contributed by atoms with Crippen LogP contribution in [0.1, 0.15) is 52.8 Å². The van der Waals surface area contributed by atoms with Crippen LogP contribution < -0.4 is 4.90 Å². The van der Waals surface area contributed by atoms with E-state index in [-0.39, 0.29) is 5.41 Å². The van der Waals surface area contributed by atoms with E-state index in [0.717, 1.165) is 17.1 Å². The molecule has 0 aromatic heterocycles. The van der Waals surface area contributed by atoms with Crippen LogP contribution >= 0.6 is 0 Å². The Labute approximate surface area is 423 Å². The highest BCUT2D eigenvalue weighted by Crippen LogP contribution is 2.63. The van der Waals surface area contributed by atoms with Crippen LogP contribution in [0.15, 0.2) is 255 Å². The third-order valence-corrected chi connectivity index (χ3v) is 16.2. The number of anilines is 3. The Bertz CT molecular complexity index is 3870. The molecule has 14 rings (SSSR count). The number of aryl methyl sites for hydroxylation is 1. The average Bonchev–Trinajstić information content (AvgIpc) is 4.00. The first kappa shape index (κ1) is 42.1. The molecule has 1 heteroatoms. The van der Waals surface area contributed by atoms with Crippen molar-refractivity contribution < 1.29 is 0 Å². The lowest BCUT2D eigenvalue weighted by Crippen LogP contribution is -2.25. The van der Waals surface area contributed by atoms with Crippen LogP contribution in [0, 0.1) is 6.92 Å². The minimum Gasteiger partial charge on any atom is -0.310 e. The van der Waals surface area contributed by atoms with Gasteiger partial charge in [0.05, 0.1) is 5.41 Å². The third kappa shape index (κ3) is 6.33. The number of hydrogen-bond donors (Lipinski definition) is 0. The molecular formula is C71H51N. The predicted octanol–water partition coefficient (Wildman–Crippen LogP) is 18.8. The molecular weight excluding hydrogens is 867 g/mol. The van der Waals surface area contributed by atoms with E-state index in [2.05, 4.69) is 280 Å². The minimum absolute atomic E-state index is 0.118. The highest BCUT2D eigenvalue weighted by Gasteiger charge is 2.51. The first-order valence-electron chi connectivity index (χ1n) is 25.3. The lowest BCUT2D eigenvalue weighted by molar-refractivity contribution is 0.660. The van der Waals surface area contributed by atoms with Crippen molar-refractivity contribution in [2.45, 2.75) is 31.6 Å². The van der Waals surface area contributed by atoms with Gasteiger partial charge in [-0.05, 0) is 167 Å². The van der Waals surface area contributed by atoms with Gasteiger partial charge in [-0.2, -0.15) is 0 Å². The van der Waals surface area contributed by atoms with Crippen molar-refractivity contribution in [1.82, 2.24) is 0 Å². The Morgan fingerprint density at radius 3 is 1.22 bits per heavy atom. The van der Waals surface area contributed by atoms with Gasteiger partial charge < -0.3 is 4.90 Å². The molecule has 0 bridgehead atoms. The van der Waals surface area contributed by atoms with Crippen LogP contribution in [-0.4, -0.2) is 0 Å². The van der Waals surface area contributed by atoms with Gasteiger partial charge in [-0.15, -0.1) is 0 Å². The molecule has 0 amide bonds. The molecule has 1 nitrogen and oxygen atoms in total. The zero-order valence-electron chi connectivity index (χ0n) is 40.7. The molecule has 72 heavy (non-hydrogen) atoms. The average molecular weight is 918 g/mol. The van der Waals surface area contributed by atoms with Crippen LogP contribution in [0.2, 0.25) is 0 Å². The van der Waals surface area contributed by atoms with Crippen molar-refractivity contribution in [3.8, 4) is 77.9 Å². The van der Waals surface area contributed by atoms with Crippen molar-refractivity contribution in [3.05, 3.63) is 294 Å². The van der Waals surface area contributed by atoms with Gasteiger partial charge in [-0.25, -0.2) is 0 Å². The molecule has 0 atom stereocenters. The van der Waals surface area contributed by atoms with Gasteiger partial charge in [0.25, 0.3) is 0 Å². The Balaban J connectivity index is 0.883. The molecule has 0 heterocycles. The van der Waals surface area contributed by atoms with E-state index >= 15 is 0 Å². The second-order valence-electron chi connectivity index (χ2n) is 20.5. The quantitative estimate of drug-likeness (QED) is 0.154. The predicted molar refractivity (Wildman–Crippen MR) is 301 cm³/mol. The van der Waals surface area contributed by atoms with Gasteiger partial charge in [0.2, 0.25) is 0 Å². The van der Waals surface area contributed by atoms with Crippen LogP contribution in [0.25, 0.3) is 77.9 Å². The molecule has 3 aliphatic rings. The van der Waals surface area contributed by atoms with Crippen molar-refractivity contribution in [1.29, 1.82) is 0 Å². The Morgan fingerprint density at radius 2 is 0.625 bits per heavy atom. The second kappa shape index (κ2) is 16.1. The standard InChI is InChI=1S/C71H51N/c1-46-21-23-48(24-22-46)50-29-35-55(36-30-50)72(57-39-41-61-58-15-7-10-18-64(58)70(2,3)68(61)45-57)56-37-31-52(32-38-56)54-33-40-62-63-43-53(51-27-25-49(26-28-51)47-13-5-4-6-14-47)34-42-67(63)71(69(62)44-54)65-19-11-8-16-59(65)60-17-9-12-20-66(60)71/h4-45H,1-3H3. The van der Waals surface area contributed by atoms with Crippen LogP contribution in [0.3, 0.4) is 0 Å². The molecule has 11 aromatic carbocycles. The van der Waals surface area contributed by atoms with Crippen molar-refractivity contribution in [2.75, 3.05) is 4.90 Å². The van der Waals surface area contributed by atoms with Crippen LogP contribution in [0.5, 0.6) is 0 Å². The fourth-order valence-corrected chi connectivity index (χ4v) is 12.6. The number of rotatable bonds is 7. The van der Waals surface area contributed by atoms with E-state index < -0.39 is 5.41 Å². The number of fused-ring (bicyclic) bond motifs is 13. The lowest BCUT2D eigenvalue weighted by Gasteiger charge is -2.31. The Hall–Kier alpha value is -8.78. The lowest BCUT2D eigenvalue weighted by atomic mass is 9.70. The summed E-state index contributed by atoms with van der Waals surface area (Å²) in [5.41, 5.74) is 29.8. The molecule has 0 N–H and O–H groups in total. The third-order valence-electron chi connectivity index (χ3n) is 16.2. The van der Waals surface area contributed by atoms with Gasteiger partial charge in [-0.1, -0.05) is 226 Å². The second-order valence-corrected chi connectivity index (χ2v) is 20.5. The van der Waals surface area contributed by atoms with Crippen molar-refractivity contribution in [2.24, 2.45) is 0 Å². The molecule has 340 valence electrons. The summed E-state index contributed by atoms with van der Waals surface area (Å²) in [5.74, 6) is 0. The monoisotopic (exact) mass is 917 g/mol. The van der Waals surface area contributed by atoms with Crippen LogP contribution in [-0.2, 0) is 10.8 Å². The van der Waals surface area contributed by atoms with E-state index in [0.29, 0.717) is 0 Å². The van der Waals surface area contributed by atoms with Crippen molar-refractivity contribution >= 4 is 17.1 Å². The maximum absolute atomic E-state index is 2.50. The molecule has 0 radical (unpaired) electrons. The summed E-state index contributed by atoms with van der Waals surface area (Å²) in [6, 6.07) is 95.4. The zero-order chi connectivity index (χ0) is 48.1. The summed E-state index contributed by atoms with van der Waals surface area (Å²) < 4.78 is 0. The first-order valence-corrected chi connectivity index (χ1v) is 25.3. The molecule has 3 aliphatic carbocycles. The maximum atomic E-state index is 2.50. The first-order chi connectivity index (χ1) is 35.3. The van der Waals surface area contributed by atoms with E-state index in [1.165, 1.54) is 117 Å². The van der Waals surface area contributed by atoms with Gasteiger partial charge in [-0.3, -0.25) is 0 Å². The topological polar surface area (TPSA) is 3.24 Å². The van der Waals surface area contributed by atoms with Gasteiger partial charge >= 0.3 is 0 Å². The summed E-state index contributed by atoms with van der Waals surface area (Å²) in [4.78, 5) is 2.43. The normalized spacial score (nSPS) is 13.7. The zero-order valence-corrected chi connectivity index (χ0v) is 40.7. The van der Waals surface area contributed by atoms with E-state index in [4.69, 9.17) is 0 Å². The fourth-order valence-electron chi connectivity index (χ4n) is 12.6. The minimum atomic E-state index is -0.452. The molecule has 0 saturated carbocycles. The van der Waals surface area contributed by atoms with Gasteiger partial charge in [0.1, 0.15) is 0 Å². The summed E-state index contributed by atoms with van der Waals surface area (Å²) in [7, 11) is 0.